The van der Waals surface area contributed by atoms with Crippen molar-refractivity contribution in [3.63, 3.8) is 0 Å². The first-order valence-electron chi connectivity index (χ1n) is 19.5. The summed E-state index contributed by atoms with van der Waals surface area (Å²) in [7, 11) is -5.31. The van der Waals surface area contributed by atoms with Crippen molar-refractivity contribution in [2.75, 3.05) is 50.3 Å². The fraction of sp³-hybridized carbons (Fsp3) is 0.512. The molecule has 3 aliphatic heterocycles. The number of allylic oxidation sites excluding steroid dienone is 1. The number of nitrogens with one attached hydrogen (secondary N) is 1. The first kappa shape index (κ1) is 39.2. The van der Waals surface area contributed by atoms with Gasteiger partial charge in [-0.15, -0.1) is 4.36 Å². The van der Waals surface area contributed by atoms with Gasteiger partial charge in [-0.25, -0.2) is 12.6 Å². The Kier molecular flexibility index (Phi) is 10.7. The molecule has 1 fully saturated rings. The van der Waals surface area contributed by atoms with E-state index < -0.39 is 31.8 Å². The van der Waals surface area contributed by atoms with Gasteiger partial charge >= 0.3 is 0 Å². The lowest BCUT2D eigenvalue weighted by molar-refractivity contribution is 0.0131. The number of sulfonamides is 1. The van der Waals surface area contributed by atoms with Crippen LogP contribution >= 0.6 is 11.6 Å². The standard InChI is InChI=1S/C41H50ClN5O7S2/c1-27-6-4-8-37(53-2)34-12-9-30(34)21-46-25-41(15-5-7-28-18-32(42)11-13-35(28)41)26-54-38-14-10-29(20-36(38)46)39(48)43-56(52,24-27)44-40(49)31-19-33-23-47(55(3,50)51)17-16-45(33)22-31/h4,8,10-11,13-14,18-20,22,27,30,34,37H,5-7,9,12,15-17,21,23-26H2,1-3H3,(H,43,44,48,49,52)/b8-4+/t27-,30-,34+,37-,41-,56-/m0/s1. The SMILES string of the molecule is CO[C@H]1/C=C/C[C@H](C)C[S@@](=O)(NC(=O)c2cc3n(c2)CCN(S(C)(=O)=O)C3)=NC(=O)c2ccc3c(c2)N(C[C@@H]2CC[C@H]21)C[C@@]1(CCCc2cc(Cl)ccc21)CO3. The van der Waals surface area contributed by atoms with Gasteiger partial charge < -0.3 is 18.9 Å². The van der Waals surface area contributed by atoms with Crippen LogP contribution in [0.4, 0.5) is 5.69 Å². The van der Waals surface area contributed by atoms with Crippen LogP contribution in [0.3, 0.4) is 0 Å². The molecule has 1 spiro atoms. The number of fused-ring (bicyclic) bond motifs is 5. The van der Waals surface area contributed by atoms with E-state index in [-0.39, 0.29) is 47.4 Å². The fourth-order valence-corrected chi connectivity index (χ4v) is 12.2. The van der Waals surface area contributed by atoms with Crippen LogP contribution in [0.2, 0.25) is 5.02 Å². The second kappa shape index (κ2) is 15.2. The lowest BCUT2D eigenvalue weighted by atomic mass is 9.68. The van der Waals surface area contributed by atoms with Crippen LogP contribution in [-0.2, 0) is 49.6 Å². The summed E-state index contributed by atoms with van der Waals surface area (Å²) in [4.78, 5) is 30.3. The van der Waals surface area contributed by atoms with Crippen LogP contribution in [0.1, 0.15) is 76.6 Å². The smallest absolute Gasteiger partial charge is 0.286 e. The average Bonchev–Trinajstić information content (AvgIpc) is 3.51. The molecule has 0 unspecified atom stereocenters. The van der Waals surface area contributed by atoms with Gasteiger partial charge in [0, 0.05) is 61.2 Å². The van der Waals surface area contributed by atoms with E-state index in [4.69, 9.17) is 21.1 Å². The van der Waals surface area contributed by atoms with E-state index in [1.54, 1.807) is 31.5 Å². The maximum atomic E-state index is 14.8. The maximum Gasteiger partial charge on any atom is 0.286 e. The number of methoxy groups -OCH3 is 1. The number of nitrogens with zero attached hydrogens (tertiary/aromatic N) is 4. The molecule has 300 valence electrons. The van der Waals surface area contributed by atoms with Crippen molar-refractivity contribution in [1.82, 2.24) is 13.6 Å². The second-order valence-electron chi connectivity index (χ2n) is 16.4. The summed E-state index contributed by atoms with van der Waals surface area (Å²) < 4.78 is 62.0. The zero-order valence-corrected chi connectivity index (χ0v) is 34.5. The van der Waals surface area contributed by atoms with Crippen LogP contribution in [0.5, 0.6) is 5.75 Å². The predicted molar refractivity (Wildman–Crippen MR) is 217 cm³/mol. The van der Waals surface area contributed by atoms with Crippen molar-refractivity contribution in [3.05, 3.63) is 93.8 Å². The molecule has 4 heterocycles. The third kappa shape index (κ3) is 7.79. The monoisotopic (exact) mass is 823 g/mol. The molecular weight excluding hydrogens is 774 g/mol. The highest BCUT2D eigenvalue weighted by Gasteiger charge is 2.44. The van der Waals surface area contributed by atoms with E-state index in [2.05, 4.69) is 38.3 Å². The van der Waals surface area contributed by atoms with E-state index in [0.717, 1.165) is 55.6 Å². The van der Waals surface area contributed by atoms with Crippen LogP contribution in [-0.4, -0.2) is 84.8 Å². The minimum atomic E-state index is -3.64. The van der Waals surface area contributed by atoms with Crippen molar-refractivity contribution in [3.8, 4) is 5.75 Å². The van der Waals surface area contributed by atoms with E-state index in [9.17, 15) is 22.2 Å². The predicted octanol–water partition coefficient (Wildman–Crippen LogP) is 5.98. The second-order valence-corrected chi connectivity index (χ2v) is 20.8. The van der Waals surface area contributed by atoms with Crippen LogP contribution in [0.15, 0.2) is 65.2 Å². The van der Waals surface area contributed by atoms with E-state index in [1.165, 1.54) is 15.4 Å². The number of amides is 2. The molecule has 3 aromatic rings. The van der Waals surface area contributed by atoms with Gasteiger partial charge in [0.05, 0.1) is 42.5 Å². The van der Waals surface area contributed by atoms with E-state index in [0.29, 0.717) is 49.4 Å². The first-order valence-corrected chi connectivity index (χ1v) is 23.4. The average molecular weight is 824 g/mol. The minimum absolute atomic E-state index is 0.0555. The first-order chi connectivity index (χ1) is 26.7. The largest absolute Gasteiger partial charge is 0.490 e. The number of rotatable bonds is 4. The van der Waals surface area contributed by atoms with Gasteiger partial charge in [0.2, 0.25) is 10.0 Å². The number of carbonyl (C=O) groups excluding carboxylic acids is 2. The normalized spacial score (nSPS) is 30.1. The van der Waals surface area contributed by atoms with Gasteiger partial charge in [-0.3, -0.25) is 14.3 Å². The highest BCUT2D eigenvalue weighted by molar-refractivity contribution is 7.92. The summed E-state index contributed by atoms with van der Waals surface area (Å²) in [6, 6.07) is 13.1. The zero-order chi connectivity index (χ0) is 39.4. The summed E-state index contributed by atoms with van der Waals surface area (Å²) in [6.07, 6.45) is 12.4. The zero-order valence-electron chi connectivity index (χ0n) is 32.1. The van der Waals surface area contributed by atoms with Crippen LogP contribution in [0.25, 0.3) is 0 Å². The Morgan fingerprint density at radius 2 is 1.98 bits per heavy atom. The van der Waals surface area contributed by atoms with Gasteiger partial charge in [-0.2, -0.15) is 4.31 Å². The molecule has 1 N–H and O–H groups in total. The molecule has 2 bridgehead atoms. The van der Waals surface area contributed by atoms with E-state index in [1.807, 2.05) is 23.6 Å². The molecule has 1 saturated carbocycles. The molecule has 8 rings (SSSR count). The number of carbonyl (C=O) groups is 2. The Hall–Kier alpha value is -3.69. The molecule has 2 aromatic carbocycles. The summed E-state index contributed by atoms with van der Waals surface area (Å²) in [5.41, 5.74) is 4.12. The highest BCUT2D eigenvalue weighted by Crippen LogP contribution is 2.47. The molecule has 5 aliphatic rings. The molecule has 2 amide bonds. The van der Waals surface area contributed by atoms with Crippen molar-refractivity contribution < 1.29 is 31.7 Å². The van der Waals surface area contributed by atoms with Gasteiger partial charge in [0.15, 0.2) is 0 Å². The van der Waals surface area contributed by atoms with Gasteiger partial charge in [-0.1, -0.05) is 36.7 Å². The maximum absolute atomic E-state index is 14.8. The lowest BCUT2D eigenvalue weighted by Crippen LogP contribution is -2.49. The summed E-state index contributed by atoms with van der Waals surface area (Å²) in [6.45, 7) is 4.63. The Bertz CT molecular complexity index is 2320. The van der Waals surface area contributed by atoms with Crippen molar-refractivity contribution in [2.45, 2.75) is 70.1 Å². The molecule has 15 heteroatoms. The van der Waals surface area contributed by atoms with Crippen LogP contribution in [0, 0.1) is 17.8 Å². The van der Waals surface area contributed by atoms with Crippen molar-refractivity contribution in [1.29, 1.82) is 0 Å². The Labute approximate surface area is 334 Å². The molecule has 2 aliphatic carbocycles. The Balaban J connectivity index is 1.16. The van der Waals surface area contributed by atoms with Crippen molar-refractivity contribution in [2.24, 2.45) is 22.1 Å². The summed E-state index contributed by atoms with van der Waals surface area (Å²) in [5.74, 6) is -0.253. The quantitative estimate of drug-likeness (QED) is 0.318. The molecule has 6 atom stereocenters. The number of aromatic nitrogens is 1. The number of benzene rings is 2. The molecule has 0 saturated heterocycles. The van der Waals surface area contributed by atoms with Crippen molar-refractivity contribution >= 4 is 49.0 Å². The fourth-order valence-electron chi connectivity index (χ4n) is 9.35. The number of ether oxygens (including phenoxy) is 2. The molecule has 56 heavy (non-hydrogen) atoms. The van der Waals surface area contributed by atoms with Gasteiger partial charge in [0.25, 0.3) is 11.8 Å². The number of aryl methyl sites for hydroxylation is 1. The van der Waals surface area contributed by atoms with Crippen LogP contribution < -0.4 is 14.4 Å². The summed E-state index contributed by atoms with van der Waals surface area (Å²) >= 11 is 6.47. The third-order valence-electron chi connectivity index (χ3n) is 12.4. The van der Waals surface area contributed by atoms with E-state index >= 15 is 0 Å². The van der Waals surface area contributed by atoms with Gasteiger partial charge in [-0.05, 0) is 104 Å². The Morgan fingerprint density at radius 3 is 2.75 bits per heavy atom. The third-order valence-corrected chi connectivity index (χ3v) is 15.9. The number of anilines is 1. The molecular formula is C41H50ClN5O7S2. The molecule has 1 aromatic heterocycles. The lowest BCUT2D eigenvalue weighted by Gasteiger charge is -2.46. The number of hydrogen-bond acceptors (Lipinski definition) is 8. The minimum Gasteiger partial charge on any atom is -0.490 e. The topological polar surface area (TPSA) is 140 Å². The number of hydrogen-bond donors (Lipinski definition) is 1. The highest BCUT2D eigenvalue weighted by atomic mass is 35.5. The molecule has 0 radical (unpaired) electrons. The van der Waals surface area contributed by atoms with Gasteiger partial charge in [0.1, 0.15) is 15.7 Å². The number of halogens is 1. The molecule has 12 nitrogen and oxygen atoms in total. The summed E-state index contributed by atoms with van der Waals surface area (Å²) in [5, 5.41) is 0.724. The Morgan fingerprint density at radius 1 is 1.14 bits per heavy atom.